The van der Waals surface area contributed by atoms with E-state index in [1.165, 1.54) is 20.0 Å². The van der Waals surface area contributed by atoms with Gasteiger partial charge in [0.1, 0.15) is 0 Å². The number of ether oxygens (including phenoxy) is 1. The fourth-order valence-corrected chi connectivity index (χ4v) is 2.86. The van der Waals surface area contributed by atoms with Crippen molar-refractivity contribution < 1.29 is 9.53 Å². The molecule has 74 valence electrons. The molecule has 0 aromatic rings. The summed E-state index contributed by atoms with van der Waals surface area (Å²) in [5, 5.41) is 3.41. The number of carbonyl (C=O) groups is 1. The van der Waals surface area contributed by atoms with Crippen LogP contribution < -0.4 is 5.32 Å². The maximum Gasteiger partial charge on any atom is 0.313 e. The summed E-state index contributed by atoms with van der Waals surface area (Å²) in [6.45, 7) is 0.972. The van der Waals surface area contributed by atoms with Gasteiger partial charge in [0.2, 0.25) is 0 Å². The zero-order valence-electron chi connectivity index (χ0n) is 8.14. The van der Waals surface area contributed by atoms with Gasteiger partial charge in [0.15, 0.2) is 0 Å². The summed E-state index contributed by atoms with van der Waals surface area (Å²) >= 11 is 0. The first-order valence-corrected chi connectivity index (χ1v) is 5.11. The van der Waals surface area contributed by atoms with Gasteiger partial charge in [-0.1, -0.05) is 12.8 Å². The van der Waals surface area contributed by atoms with Crippen molar-refractivity contribution in [2.24, 2.45) is 5.41 Å². The lowest BCUT2D eigenvalue weighted by Gasteiger charge is -2.36. The molecular weight excluding hydrogens is 166 g/mol. The molecule has 2 fully saturated rings. The van der Waals surface area contributed by atoms with Crippen LogP contribution in [0.5, 0.6) is 0 Å². The van der Waals surface area contributed by atoms with E-state index in [2.05, 4.69) is 5.32 Å². The van der Waals surface area contributed by atoms with E-state index in [0.717, 1.165) is 25.8 Å². The van der Waals surface area contributed by atoms with Crippen LogP contribution in [0.3, 0.4) is 0 Å². The molecule has 0 radical (unpaired) electrons. The molecule has 0 unspecified atom stereocenters. The molecule has 0 bridgehead atoms. The molecule has 0 aromatic carbocycles. The van der Waals surface area contributed by atoms with E-state index in [1.807, 2.05) is 0 Å². The highest BCUT2D eigenvalue weighted by molar-refractivity contribution is 5.78. The Morgan fingerprint density at radius 1 is 1.46 bits per heavy atom. The number of fused-ring (bicyclic) bond motifs is 1. The Kier molecular flexibility index (Phi) is 2.28. The van der Waals surface area contributed by atoms with Crippen molar-refractivity contribution in [3.05, 3.63) is 0 Å². The standard InChI is InChI=1S/C10H17NO2/c1-13-9(12)10-5-3-2-4-8(10)11-7-6-10/h8,11H,2-7H2,1H3/t8-,10+/m0/s1. The first-order valence-electron chi connectivity index (χ1n) is 5.11. The molecule has 1 aliphatic carbocycles. The first kappa shape index (κ1) is 9.00. The van der Waals surface area contributed by atoms with Crippen LogP contribution >= 0.6 is 0 Å². The second kappa shape index (κ2) is 3.29. The summed E-state index contributed by atoms with van der Waals surface area (Å²) < 4.78 is 4.92. The number of methoxy groups -OCH3 is 1. The van der Waals surface area contributed by atoms with Crippen molar-refractivity contribution in [3.63, 3.8) is 0 Å². The van der Waals surface area contributed by atoms with Gasteiger partial charge in [0.05, 0.1) is 12.5 Å². The number of hydrogen-bond donors (Lipinski definition) is 1. The average molecular weight is 183 g/mol. The van der Waals surface area contributed by atoms with E-state index >= 15 is 0 Å². The van der Waals surface area contributed by atoms with E-state index in [-0.39, 0.29) is 11.4 Å². The normalized spacial score (nSPS) is 38.4. The quantitative estimate of drug-likeness (QED) is 0.618. The molecule has 2 atom stereocenters. The Balaban J connectivity index is 2.20. The van der Waals surface area contributed by atoms with Crippen molar-refractivity contribution in [2.75, 3.05) is 13.7 Å². The molecule has 1 heterocycles. The molecule has 3 nitrogen and oxygen atoms in total. The zero-order valence-corrected chi connectivity index (χ0v) is 8.14. The molecule has 2 rings (SSSR count). The SMILES string of the molecule is COC(=O)[C@@]12CCCC[C@@H]1NCC2. The Bertz CT molecular complexity index is 217. The predicted octanol–water partition coefficient (Wildman–Crippen LogP) is 1.08. The van der Waals surface area contributed by atoms with Crippen molar-refractivity contribution in [1.82, 2.24) is 5.32 Å². The van der Waals surface area contributed by atoms with Gasteiger partial charge in [0.25, 0.3) is 0 Å². The molecular formula is C10H17NO2. The van der Waals surface area contributed by atoms with Crippen molar-refractivity contribution >= 4 is 5.97 Å². The maximum atomic E-state index is 11.7. The van der Waals surface area contributed by atoms with Crippen LogP contribution in [-0.2, 0) is 9.53 Å². The van der Waals surface area contributed by atoms with E-state index in [4.69, 9.17) is 4.74 Å². The highest BCUT2D eigenvalue weighted by atomic mass is 16.5. The zero-order chi connectivity index (χ0) is 9.31. The van der Waals surface area contributed by atoms with Gasteiger partial charge in [-0.25, -0.2) is 0 Å². The molecule has 1 saturated carbocycles. The van der Waals surface area contributed by atoms with Gasteiger partial charge in [0, 0.05) is 6.04 Å². The van der Waals surface area contributed by atoms with E-state index < -0.39 is 0 Å². The lowest BCUT2D eigenvalue weighted by Crippen LogP contribution is -2.45. The number of hydrogen-bond acceptors (Lipinski definition) is 3. The Labute approximate surface area is 78.8 Å². The molecule has 3 heteroatoms. The smallest absolute Gasteiger partial charge is 0.313 e. The highest BCUT2D eigenvalue weighted by Gasteiger charge is 2.50. The fourth-order valence-electron chi connectivity index (χ4n) is 2.86. The molecule has 0 aromatic heterocycles. The molecule has 1 N–H and O–H groups in total. The Morgan fingerprint density at radius 2 is 2.31 bits per heavy atom. The van der Waals surface area contributed by atoms with Crippen LogP contribution in [0.2, 0.25) is 0 Å². The molecule has 2 aliphatic rings. The summed E-state index contributed by atoms with van der Waals surface area (Å²) in [4.78, 5) is 11.7. The van der Waals surface area contributed by atoms with Gasteiger partial charge in [-0.2, -0.15) is 0 Å². The number of carbonyl (C=O) groups excluding carboxylic acids is 1. The van der Waals surface area contributed by atoms with Crippen molar-refractivity contribution in [3.8, 4) is 0 Å². The number of esters is 1. The van der Waals surface area contributed by atoms with Crippen LogP contribution in [0.1, 0.15) is 32.1 Å². The second-order valence-electron chi connectivity index (χ2n) is 4.15. The van der Waals surface area contributed by atoms with Crippen LogP contribution in [0.25, 0.3) is 0 Å². The average Bonchev–Trinajstić information content (AvgIpc) is 2.61. The number of nitrogens with one attached hydrogen (secondary N) is 1. The molecule has 13 heavy (non-hydrogen) atoms. The summed E-state index contributed by atoms with van der Waals surface area (Å²) in [6.07, 6.45) is 5.53. The largest absolute Gasteiger partial charge is 0.469 e. The van der Waals surface area contributed by atoms with Crippen LogP contribution in [0, 0.1) is 5.41 Å². The number of rotatable bonds is 1. The van der Waals surface area contributed by atoms with Gasteiger partial charge < -0.3 is 10.1 Å². The van der Waals surface area contributed by atoms with E-state index in [1.54, 1.807) is 0 Å². The lowest BCUT2D eigenvalue weighted by molar-refractivity contribution is -0.155. The van der Waals surface area contributed by atoms with Crippen LogP contribution in [-0.4, -0.2) is 25.7 Å². The Hall–Kier alpha value is -0.570. The summed E-state index contributed by atoms with van der Waals surface area (Å²) in [7, 11) is 1.50. The van der Waals surface area contributed by atoms with Gasteiger partial charge in [-0.3, -0.25) is 4.79 Å². The third kappa shape index (κ3) is 1.26. The molecule has 0 spiro atoms. The Morgan fingerprint density at radius 3 is 3.08 bits per heavy atom. The van der Waals surface area contributed by atoms with Gasteiger partial charge >= 0.3 is 5.97 Å². The third-order valence-electron chi connectivity index (χ3n) is 3.59. The minimum atomic E-state index is -0.174. The first-order chi connectivity index (χ1) is 6.29. The van der Waals surface area contributed by atoms with E-state index in [0.29, 0.717) is 6.04 Å². The van der Waals surface area contributed by atoms with Crippen molar-refractivity contribution in [2.45, 2.75) is 38.1 Å². The minimum absolute atomic E-state index is 0.00204. The van der Waals surface area contributed by atoms with Crippen LogP contribution in [0.4, 0.5) is 0 Å². The highest BCUT2D eigenvalue weighted by Crippen LogP contribution is 2.43. The minimum Gasteiger partial charge on any atom is -0.469 e. The van der Waals surface area contributed by atoms with Crippen LogP contribution in [0.15, 0.2) is 0 Å². The van der Waals surface area contributed by atoms with E-state index in [9.17, 15) is 4.79 Å². The fraction of sp³-hybridized carbons (Fsp3) is 0.900. The maximum absolute atomic E-state index is 11.7. The molecule has 1 saturated heterocycles. The van der Waals surface area contributed by atoms with Gasteiger partial charge in [-0.05, 0) is 25.8 Å². The summed E-state index contributed by atoms with van der Waals surface area (Å²) in [5.74, 6) is 0.00204. The van der Waals surface area contributed by atoms with Gasteiger partial charge in [-0.15, -0.1) is 0 Å². The summed E-state index contributed by atoms with van der Waals surface area (Å²) in [6, 6.07) is 0.383. The summed E-state index contributed by atoms with van der Waals surface area (Å²) in [5.41, 5.74) is -0.174. The predicted molar refractivity (Wildman–Crippen MR) is 49.3 cm³/mol. The second-order valence-corrected chi connectivity index (χ2v) is 4.15. The van der Waals surface area contributed by atoms with Crippen molar-refractivity contribution in [1.29, 1.82) is 0 Å². The lowest BCUT2D eigenvalue weighted by atomic mass is 9.71. The monoisotopic (exact) mass is 183 g/mol. The molecule has 0 amide bonds. The third-order valence-corrected chi connectivity index (χ3v) is 3.59. The molecule has 1 aliphatic heterocycles. The topological polar surface area (TPSA) is 38.3 Å².